The fourth-order valence-electron chi connectivity index (χ4n) is 1.42. The Kier molecular flexibility index (Phi) is 2.19. The largest absolute Gasteiger partial charge is 0.251 e. The van der Waals surface area contributed by atoms with E-state index in [-0.39, 0.29) is 6.04 Å². The van der Waals surface area contributed by atoms with Gasteiger partial charge < -0.3 is 0 Å². The molecule has 0 aliphatic heterocycles. The minimum Gasteiger partial charge on any atom is -0.251 e. The van der Waals surface area contributed by atoms with Gasteiger partial charge in [-0.15, -0.1) is 0 Å². The van der Waals surface area contributed by atoms with Gasteiger partial charge in [-0.25, -0.2) is 13.4 Å². The molecule has 1 fully saturated rings. The van der Waals surface area contributed by atoms with Crippen LogP contribution in [-0.2, 0) is 10.0 Å². The smallest absolute Gasteiger partial charge is 0.233 e. The van der Waals surface area contributed by atoms with Crippen molar-refractivity contribution in [3.8, 4) is 0 Å². The van der Waals surface area contributed by atoms with Gasteiger partial charge in [0, 0.05) is 12.2 Å². The molecule has 0 aromatic carbocycles. The Hall–Kier alpha value is -1.10. The highest BCUT2D eigenvalue weighted by atomic mass is 32.2. The van der Waals surface area contributed by atoms with Crippen LogP contribution in [0, 0.1) is 0 Å². The van der Waals surface area contributed by atoms with Crippen LogP contribution in [0.4, 0.5) is 5.82 Å². The molecular weight excluding hydrogens is 200 g/mol. The van der Waals surface area contributed by atoms with Crippen molar-refractivity contribution in [2.24, 2.45) is 0 Å². The second-order valence-electron chi connectivity index (χ2n) is 3.48. The first-order valence-electron chi connectivity index (χ1n) is 4.49. The lowest BCUT2D eigenvalue weighted by Gasteiger charge is -2.20. The summed E-state index contributed by atoms with van der Waals surface area (Å²) in [5, 5.41) is 0. The number of anilines is 1. The Morgan fingerprint density at radius 3 is 2.57 bits per heavy atom. The predicted octanol–water partition coefficient (Wildman–Crippen LogP) is 1.01. The molecule has 5 heteroatoms. The van der Waals surface area contributed by atoms with Gasteiger partial charge in [0.05, 0.1) is 6.26 Å². The summed E-state index contributed by atoms with van der Waals surface area (Å²) in [4.78, 5) is 4.05. The van der Waals surface area contributed by atoms with E-state index in [2.05, 4.69) is 4.98 Å². The lowest BCUT2D eigenvalue weighted by Crippen LogP contribution is -2.32. The zero-order valence-electron chi connectivity index (χ0n) is 7.92. The highest BCUT2D eigenvalue weighted by Gasteiger charge is 2.35. The summed E-state index contributed by atoms with van der Waals surface area (Å²) < 4.78 is 24.4. The highest BCUT2D eigenvalue weighted by Crippen LogP contribution is 2.32. The number of aromatic nitrogens is 1. The van der Waals surface area contributed by atoms with Gasteiger partial charge in [0.15, 0.2) is 0 Å². The summed E-state index contributed by atoms with van der Waals surface area (Å²) in [5.74, 6) is 0.525. The van der Waals surface area contributed by atoms with Crippen LogP contribution >= 0.6 is 0 Å². The number of sulfonamides is 1. The Labute approximate surface area is 83.6 Å². The van der Waals surface area contributed by atoms with E-state index in [1.807, 2.05) is 0 Å². The van der Waals surface area contributed by atoms with Crippen LogP contribution in [0.2, 0.25) is 0 Å². The number of hydrogen-bond donors (Lipinski definition) is 0. The molecule has 1 heterocycles. The molecular formula is C9H12N2O2S. The Morgan fingerprint density at radius 2 is 2.14 bits per heavy atom. The van der Waals surface area contributed by atoms with Crippen molar-refractivity contribution >= 4 is 15.8 Å². The molecule has 0 atom stereocenters. The van der Waals surface area contributed by atoms with E-state index in [4.69, 9.17) is 0 Å². The first kappa shape index (κ1) is 9.45. The van der Waals surface area contributed by atoms with Crippen molar-refractivity contribution in [1.82, 2.24) is 4.98 Å². The van der Waals surface area contributed by atoms with Crippen LogP contribution in [0.25, 0.3) is 0 Å². The third-order valence-electron chi connectivity index (χ3n) is 2.11. The summed E-state index contributed by atoms with van der Waals surface area (Å²) in [6, 6.07) is 5.42. The van der Waals surface area contributed by atoms with E-state index in [1.165, 1.54) is 10.6 Å². The third kappa shape index (κ3) is 1.87. The van der Waals surface area contributed by atoms with Gasteiger partial charge in [-0.05, 0) is 25.0 Å². The Bertz CT molecular complexity index is 412. The summed E-state index contributed by atoms with van der Waals surface area (Å²) in [6.07, 6.45) is 4.70. The summed E-state index contributed by atoms with van der Waals surface area (Å²) in [6.45, 7) is 0. The van der Waals surface area contributed by atoms with Crippen molar-refractivity contribution in [3.63, 3.8) is 0 Å². The van der Waals surface area contributed by atoms with Crippen molar-refractivity contribution in [3.05, 3.63) is 24.4 Å². The predicted molar refractivity (Wildman–Crippen MR) is 54.6 cm³/mol. The van der Waals surface area contributed by atoms with Gasteiger partial charge in [0.2, 0.25) is 10.0 Å². The molecule has 1 aliphatic rings. The van der Waals surface area contributed by atoms with Crippen LogP contribution < -0.4 is 4.31 Å². The van der Waals surface area contributed by atoms with Crippen molar-refractivity contribution < 1.29 is 8.42 Å². The molecule has 0 unspecified atom stereocenters. The molecule has 0 radical (unpaired) electrons. The van der Waals surface area contributed by atoms with Crippen LogP contribution in [0.1, 0.15) is 12.8 Å². The van der Waals surface area contributed by atoms with Crippen molar-refractivity contribution in [2.75, 3.05) is 10.6 Å². The van der Waals surface area contributed by atoms with E-state index in [0.29, 0.717) is 5.82 Å². The SMILES string of the molecule is CS(=O)(=O)N(c1ccccn1)C1CC1. The van der Waals surface area contributed by atoms with Gasteiger partial charge in [-0.3, -0.25) is 4.31 Å². The molecule has 0 saturated heterocycles. The second kappa shape index (κ2) is 3.24. The molecule has 1 aromatic heterocycles. The van der Waals surface area contributed by atoms with Crippen molar-refractivity contribution in [1.29, 1.82) is 0 Å². The summed E-state index contributed by atoms with van der Waals surface area (Å²) in [7, 11) is -3.18. The third-order valence-corrected chi connectivity index (χ3v) is 3.31. The molecule has 0 spiro atoms. The molecule has 2 rings (SSSR count). The normalized spacial score (nSPS) is 16.6. The topological polar surface area (TPSA) is 50.3 Å². The zero-order chi connectivity index (χ0) is 10.2. The first-order valence-corrected chi connectivity index (χ1v) is 6.34. The van der Waals surface area contributed by atoms with E-state index in [9.17, 15) is 8.42 Å². The minimum atomic E-state index is -3.18. The van der Waals surface area contributed by atoms with E-state index < -0.39 is 10.0 Å². The molecule has 14 heavy (non-hydrogen) atoms. The number of hydrogen-bond acceptors (Lipinski definition) is 3. The first-order chi connectivity index (χ1) is 6.59. The molecule has 1 aliphatic carbocycles. The lowest BCUT2D eigenvalue weighted by molar-refractivity contribution is 0.595. The average Bonchev–Trinajstić information content (AvgIpc) is 2.88. The fraction of sp³-hybridized carbons (Fsp3) is 0.444. The quantitative estimate of drug-likeness (QED) is 0.751. The minimum absolute atomic E-state index is 0.125. The molecule has 4 nitrogen and oxygen atoms in total. The van der Waals surface area contributed by atoms with Crippen LogP contribution in [0.5, 0.6) is 0 Å². The van der Waals surface area contributed by atoms with Gasteiger partial charge in [0.25, 0.3) is 0 Å². The Morgan fingerprint density at radius 1 is 1.43 bits per heavy atom. The second-order valence-corrected chi connectivity index (χ2v) is 5.34. The molecule has 0 bridgehead atoms. The number of nitrogens with zero attached hydrogens (tertiary/aromatic N) is 2. The Balaban J connectivity index is 2.37. The lowest BCUT2D eigenvalue weighted by atomic mass is 10.4. The van der Waals surface area contributed by atoms with Gasteiger partial charge >= 0.3 is 0 Å². The maximum Gasteiger partial charge on any atom is 0.233 e. The monoisotopic (exact) mass is 212 g/mol. The van der Waals surface area contributed by atoms with Crippen LogP contribution in [-0.4, -0.2) is 25.7 Å². The van der Waals surface area contributed by atoms with Gasteiger partial charge in [-0.2, -0.15) is 0 Å². The van der Waals surface area contributed by atoms with E-state index >= 15 is 0 Å². The highest BCUT2D eigenvalue weighted by molar-refractivity contribution is 7.92. The molecule has 0 N–H and O–H groups in total. The van der Waals surface area contributed by atoms with E-state index in [0.717, 1.165) is 12.8 Å². The van der Waals surface area contributed by atoms with Crippen LogP contribution in [0.3, 0.4) is 0 Å². The summed E-state index contributed by atoms with van der Waals surface area (Å²) >= 11 is 0. The molecule has 76 valence electrons. The van der Waals surface area contributed by atoms with Crippen LogP contribution in [0.15, 0.2) is 24.4 Å². The van der Waals surface area contributed by atoms with E-state index in [1.54, 1.807) is 24.4 Å². The van der Waals surface area contributed by atoms with Gasteiger partial charge in [0.1, 0.15) is 5.82 Å². The van der Waals surface area contributed by atoms with Crippen molar-refractivity contribution in [2.45, 2.75) is 18.9 Å². The fourth-order valence-corrected chi connectivity index (χ4v) is 2.62. The molecule has 1 aromatic rings. The number of pyridine rings is 1. The average molecular weight is 212 g/mol. The standard InChI is InChI=1S/C9H12N2O2S/c1-14(12,13)11(8-5-6-8)9-4-2-3-7-10-9/h2-4,7-8H,5-6H2,1H3. The zero-order valence-corrected chi connectivity index (χ0v) is 8.74. The summed E-state index contributed by atoms with van der Waals surface area (Å²) in [5.41, 5.74) is 0. The number of rotatable bonds is 3. The molecule has 0 amide bonds. The molecule has 1 saturated carbocycles. The van der Waals surface area contributed by atoms with Gasteiger partial charge in [-0.1, -0.05) is 6.07 Å². The maximum absolute atomic E-state index is 11.5. The maximum atomic E-state index is 11.5.